The van der Waals surface area contributed by atoms with E-state index in [1.807, 2.05) is 6.92 Å². The molecule has 0 heterocycles. The van der Waals surface area contributed by atoms with Crippen LogP contribution in [0.5, 0.6) is 0 Å². The van der Waals surface area contributed by atoms with E-state index in [9.17, 15) is 22.2 Å². The summed E-state index contributed by atoms with van der Waals surface area (Å²) in [7, 11) is -1.71. The van der Waals surface area contributed by atoms with Gasteiger partial charge in [-0.3, -0.25) is 9.00 Å². The lowest BCUT2D eigenvalue weighted by molar-refractivity contribution is -0.137. The molecule has 0 aromatic heterocycles. The van der Waals surface area contributed by atoms with Gasteiger partial charge in [-0.1, -0.05) is 13.0 Å². The van der Waals surface area contributed by atoms with Gasteiger partial charge < -0.3 is 0 Å². The summed E-state index contributed by atoms with van der Waals surface area (Å²) in [6.45, 7) is 1.81. The second-order valence-corrected chi connectivity index (χ2v) is 5.26. The highest BCUT2D eigenvalue weighted by Crippen LogP contribution is 2.30. The summed E-state index contributed by atoms with van der Waals surface area (Å²) in [5.74, 6) is -0.428. The molecule has 1 aromatic rings. The van der Waals surface area contributed by atoms with Gasteiger partial charge in [0.15, 0.2) is 0 Å². The molecule has 0 saturated heterocycles. The van der Waals surface area contributed by atoms with Crippen molar-refractivity contribution in [3.05, 3.63) is 29.8 Å². The molecule has 1 unspecified atom stereocenters. The lowest BCUT2D eigenvalue weighted by Crippen LogP contribution is -2.11. The Hall–Kier alpha value is -1.17. The third kappa shape index (κ3) is 4.25. The standard InChI is InChI=1S/C12H13F3O2S/c1-2-4-10(16)8-18(17)11-6-3-5-9(7-11)12(13,14)15/h3,5-7H,2,4,8H2,1H3. The molecule has 0 bridgehead atoms. The molecular formula is C12H13F3O2S. The Kier molecular flexibility index (Phi) is 5.07. The molecule has 100 valence electrons. The van der Waals surface area contributed by atoms with Crippen molar-refractivity contribution in [3.63, 3.8) is 0 Å². The minimum atomic E-state index is -4.46. The summed E-state index contributed by atoms with van der Waals surface area (Å²) in [6, 6.07) is 4.27. The van der Waals surface area contributed by atoms with Crippen molar-refractivity contribution >= 4 is 16.6 Å². The van der Waals surface area contributed by atoms with Gasteiger partial charge in [-0.05, 0) is 24.6 Å². The van der Waals surface area contributed by atoms with Crippen LogP contribution in [0.2, 0.25) is 0 Å². The molecule has 6 heteroatoms. The zero-order valence-electron chi connectivity index (χ0n) is 9.79. The first-order valence-electron chi connectivity index (χ1n) is 5.42. The number of ketones is 1. The molecule has 18 heavy (non-hydrogen) atoms. The number of benzene rings is 1. The number of Topliss-reactive ketones (excluding diaryl/α,β-unsaturated/α-hetero) is 1. The number of alkyl halides is 3. The molecule has 0 aliphatic rings. The van der Waals surface area contributed by atoms with Crippen molar-refractivity contribution in [2.45, 2.75) is 30.8 Å². The molecule has 0 N–H and O–H groups in total. The lowest BCUT2D eigenvalue weighted by Gasteiger charge is -2.08. The molecule has 0 radical (unpaired) electrons. The summed E-state index contributed by atoms with van der Waals surface area (Å²) in [5, 5.41) is 0. The molecule has 1 aromatic carbocycles. The maximum absolute atomic E-state index is 12.4. The van der Waals surface area contributed by atoms with E-state index in [2.05, 4.69) is 0 Å². The zero-order valence-corrected chi connectivity index (χ0v) is 10.6. The number of hydrogen-bond acceptors (Lipinski definition) is 2. The van der Waals surface area contributed by atoms with Gasteiger partial charge in [-0.15, -0.1) is 0 Å². The van der Waals surface area contributed by atoms with Crippen molar-refractivity contribution < 1.29 is 22.2 Å². The first-order chi connectivity index (χ1) is 8.34. The summed E-state index contributed by atoms with van der Waals surface area (Å²) in [4.78, 5) is 11.3. The van der Waals surface area contributed by atoms with Crippen LogP contribution in [0.25, 0.3) is 0 Å². The van der Waals surface area contributed by atoms with Crippen LogP contribution in [0.1, 0.15) is 25.3 Å². The number of carbonyl (C=O) groups excluding carboxylic acids is 1. The lowest BCUT2D eigenvalue weighted by atomic mass is 10.2. The van der Waals surface area contributed by atoms with E-state index in [1.165, 1.54) is 12.1 Å². The van der Waals surface area contributed by atoms with Crippen molar-refractivity contribution in [3.8, 4) is 0 Å². The van der Waals surface area contributed by atoms with E-state index < -0.39 is 22.5 Å². The first kappa shape index (κ1) is 14.9. The van der Waals surface area contributed by atoms with Gasteiger partial charge in [0.2, 0.25) is 0 Å². The van der Waals surface area contributed by atoms with Crippen LogP contribution in [-0.4, -0.2) is 15.7 Å². The number of hydrogen-bond donors (Lipinski definition) is 0. The fourth-order valence-corrected chi connectivity index (χ4v) is 2.49. The SMILES string of the molecule is CCCC(=O)CS(=O)c1cccc(C(F)(F)F)c1. The third-order valence-corrected chi connectivity index (χ3v) is 3.61. The fraction of sp³-hybridized carbons (Fsp3) is 0.417. The summed E-state index contributed by atoms with van der Waals surface area (Å²) >= 11 is 0. The first-order valence-corrected chi connectivity index (χ1v) is 6.74. The van der Waals surface area contributed by atoms with Gasteiger partial charge in [0, 0.05) is 11.3 Å². The van der Waals surface area contributed by atoms with Gasteiger partial charge in [0.1, 0.15) is 5.78 Å². The Labute approximate surface area is 106 Å². The van der Waals surface area contributed by atoms with Gasteiger partial charge in [0.05, 0.1) is 22.1 Å². The average Bonchev–Trinajstić information content (AvgIpc) is 2.28. The Morgan fingerprint density at radius 3 is 2.56 bits per heavy atom. The van der Waals surface area contributed by atoms with E-state index in [4.69, 9.17) is 0 Å². The maximum atomic E-state index is 12.4. The van der Waals surface area contributed by atoms with Crippen LogP contribution in [0.15, 0.2) is 29.2 Å². The Bertz CT molecular complexity index is 455. The highest BCUT2D eigenvalue weighted by Gasteiger charge is 2.30. The minimum Gasteiger partial charge on any atom is -0.299 e. The predicted molar refractivity (Wildman–Crippen MR) is 62.6 cm³/mol. The number of carbonyl (C=O) groups is 1. The van der Waals surface area contributed by atoms with E-state index >= 15 is 0 Å². The summed E-state index contributed by atoms with van der Waals surface area (Å²) in [5.41, 5.74) is -0.851. The molecule has 1 atom stereocenters. The second-order valence-electron chi connectivity index (χ2n) is 3.80. The molecule has 1 rings (SSSR count). The van der Waals surface area contributed by atoms with Gasteiger partial charge in [0.25, 0.3) is 0 Å². The molecule has 0 aliphatic carbocycles. The highest BCUT2D eigenvalue weighted by molar-refractivity contribution is 7.85. The molecule has 0 aliphatic heterocycles. The van der Waals surface area contributed by atoms with Crippen LogP contribution in [0, 0.1) is 0 Å². The maximum Gasteiger partial charge on any atom is 0.416 e. The minimum absolute atomic E-state index is 0.0364. The summed E-state index contributed by atoms with van der Waals surface area (Å²) < 4.78 is 49.1. The van der Waals surface area contributed by atoms with Crippen molar-refractivity contribution in [1.82, 2.24) is 0 Å². The third-order valence-electron chi connectivity index (χ3n) is 2.25. The molecule has 0 spiro atoms. The normalized spacial score (nSPS) is 13.3. The highest BCUT2D eigenvalue weighted by atomic mass is 32.2. The number of rotatable bonds is 5. The van der Waals surface area contributed by atoms with Crippen LogP contribution < -0.4 is 0 Å². The molecule has 0 amide bonds. The van der Waals surface area contributed by atoms with E-state index in [1.54, 1.807) is 0 Å². The summed E-state index contributed by atoms with van der Waals surface area (Å²) in [6.07, 6.45) is -3.53. The second kappa shape index (κ2) is 6.13. The van der Waals surface area contributed by atoms with Crippen molar-refractivity contribution in [1.29, 1.82) is 0 Å². The van der Waals surface area contributed by atoms with E-state index in [-0.39, 0.29) is 16.4 Å². The Balaban J connectivity index is 2.84. The van der Waals surface area contributed by atoms with E-state index in [0.29, 0.717) is 12.8 Å². The Morgan fingerprint density at radius 2 is 2.00 bits per heavy atom. The van der Waals surface area contributed by atoms with Crippen LogP contribution in [0.4, 0.5) is 13.2 Å². The Morgan fingerprint density at radius 1 is 1.33 bits per heavy atom. The smallest absolute Gasteiger partial charge is 0.299 e. The topological polar surface area (TPSA) is 34.1 Å². The average molecular weight is 278 g/mol. The van der Waals surface area contributed by atoms with E-state index in [0.717, 1.165) is 12.1 Å². The monoisotopic (exact) mass is 278 g/mol. The van der Waals surface area contributed by atoms with Crippen LogP contribution in [0.3, 0.4) is 0 Å². The molecule has 0 saturated carbocycles. The quantitative estimate of drug-likeness (QED) is 0.829. The van der Waals surface area contributed by atoms with Gasteiger partial charge in [-0.2, -0.15) is 13.2 Å². The molecule has 0 fully saturated rings. The van der Waals surface area contributed by atoms with Crippen molar-refractivity contribution in [2.75, 3.05) is 5.75 Å². The largest absolute Gasteiger partial charge is 0.416 e. The molecular weight excluding hydrogens is 265 g/mol. The zero-order chi connectivity index (χ0) is 13.8. The van der Waals surface area contributed by atoms with Gasteiger partial charge in [-0.25, -0.2) is 0 Å². The van der Waals surface area contributed by atoms with Crippen LogP contribution in [-0.2, 0) is 21.8 Å². The number of halogens is 3. The van der Waals surface area contributed by atoms with Crippen molar-refractivity contribution in [2.24, 2.45) is 0 Å². The van der Waals surface area contributed by atoms with Crippen LogP contribution >= 0.6 is 0 Å². The predicted octanol–water partition coefficient (Wildman–Crippen LogP) is 3.18. The van der Waals surface area contributed by atoms with Gasteiger partial charge >= 0.3 is 6.18 Å². The fourth-order valence-electron chi connectivity index (χ4n) is 1.39. The molecule has 2 nitrogen and oxygen atoms in total.